The van der Waals surface area contributed by atoms with Gasteiger partial charge in [-0.1, -0.05) is 38.8 Å². The molecule has 0 unspecified atom stereocenters. The molecule has 192 valence electrons. The third-order valence-electron chi connectivity index (χ3n) is 7.04. The summed E-state index contributed by atoms with van der Waals surface area (Å²) in [4.78, 5) is 42.4. The van der Waals surface area contributed by atoms with Crippen molar-refractivity contribution in [3.05, 3.63) is 59.4 Å². The molecule has 0 radical (unpaired) electrons. The first-order valence-corrected chi connectivity index (χ1v) is 12.8. The normalized spacial score (nSPS) is 16.3. The van der Waals surface area contributed by atoms with E-state index in [4.69, 9.17) is 0 Å². The fourth-order valence-corrected chi connectivity index (χ4v) is 4.84. The lowest BCUT2D eigenvalue weighted by atomic mass is 10.1. The van der Waals surface area contributed by atoms with Crippen LogP contribution in [0.4, 0.5) is 15.8 Å². The number of piperazine rings is 1. The number of rotatable bonds is 7. The van der Waals surface area contributed by atoms with Crippen molar-refractivity contribution in [3.8, 4) is 0 Å². The first-order chi connectivity index (χ1) is 17.3. The zero-order valence-corrected chi connectivity index (χ0v) is 21.1. The van der Waals surface area contributed by atoms with Gasteiger partial charge in [0, 0.05) is 55.9 Å². The first-order valence-electron chi connectivity index (χ1n) is 12.8. The van der Waals surface area contributed by atoms with Crippen molar-refractivity contribution in [1.82, 2.24) is 10.2 Å². The molecule has 4 rings (SSSR count). The van der Waals surface area contributed by atoms with Gasteiger partial charge in [-0.25, -0.2) is 4.39 Å². The molecule has 1 heterocycles. The lowest BCUT2D eigenvalue weighted by Crippen LogP contribution is -2.50. The third kappa shape index (κ3) is 6.22. The zero-order valence-electron chi connectivity index (χ0n) is 21.1. The van der Waals surface area contributed by atoms with E-state index in [1.54, 1.807) is 18.2 Å². The van der Waals surface area contributed by atoms with E-state index in [0.717, 1.165) is 36.9 Å². The van der Waals surface area contributed by atoms with E-state index in [9.17, 15) is 18.8 Å². The maximum Gasteiger partial charge on any atom is 0.253 e. The van der Waals surface area contributed by atoms with Crippen molar-refractivity contribution in [1.29, 1.82) is 0 Å². The van der Waals surface area contributed by atoms with Gasteiger partial charge in [-0.15, -0.1) is 0 Å². The Labute approximate surface area is 212 Å². The summed E-state index contributed by atoms with van der Waals surface area (Å²) in [7, 11) is 0. The Morgan fingerprint density at radius 1 is 0.972 bits per heavy atom. The Morgan fingerprint density at radius 2 is 1.64 bits per heavy atom. The van der Waals surface area contributed by atoms with Crippen molar-refractivity contribution in [2.75, 3.05) is 36.4 Å². The van der Waals surface area contributed by atoms with Crippen molar-refractivity contribution >= 4 is 29.1 Å². The Morgan fingerprint density at radius 3 is 2.28 bits per heavy atom. The number of hydrogen-bond acceptors (Lipinski definition) is 4. The average Bonchev–Trinajstić information content (AvgIpc) is 3.43. The second-order valence-electron chi connectivity index (χ2n) is 9.98. The van der Waals surface area contributed by atoms with Gasteiger partial charge in [-0.2, -0.15) is 0 Å². The molecule has 8 heteroatoms. The number of halogens is 1. The van der Waals surface area contributed by atoms with Crippen LogP contribution in [0.25, 0.3) is 0 Å². The highest BCUT2D eigenvalue weighted by Gasteiger charge is 2.30. The zero-order chi connectivity index (χ0) is 25.7. The summed E-state index contributed by atoms with van der Waals surface area (Å²) in [5, 5.41) is 5.78. The number of carbonyl (C=O) groups is 3. The second kappa shape index (κ2) is 11.5. The van der Waals surface area contributed by atoms with Crippen LogP contribution in [0.15, 0.2) is 42.5 Å². The predicted octanol–water partition coefficient (Wildman–Crippen LogP) is 4.19. The van der Waals surface area contributed by atoms with Gasteiger partial charge in [0.05, 0.1) is 5.56 Å². The number of nitrogens with zero attached hydrogens (tertiary/aromatic N) is 2. The topological polar surface area (TPSA) is 81.8 Å². The van der Waals surface area contributed by atoms with Gasteiger partial charge in [0.15, 0.2) is 0 Å². The van der Waals surface area contributed by atoms with Crippen LogP contribution >= 0.6 is 0 Å². The molecule has 2 N–H and O–H groups in total. The predicted molar refractivity (Wildman–Crippen MR) is 138 cm³/mol. The third-order valence-corrected chi connectivity index (χ3v) is 7.04. The van der Waals surface area contributed by atoms with E-state index in [1.165, 1.54) is 12.1 Å². The molecule has 2 aromatic rings. The van der Waals surface area contributed by atoms with Gasteiger partial charge in [0.1, 0.15) is 5.82 Å². The fourth-order valence-electron chi connectivity index (χ4n) is 4.84. The van der Waals surface area contributed by atoms with Crippen molar-refractivity contribution < 1.29 is 18.8 Å². The summed E-state index contributed by atoms with van der Waals surface area (Å²) in [5.41, 5.74) is 2.56. The summed E-state index contributed by atoms with van der Waals surface area (Å²) in [5.74, 6) is -0.499. The number of hydrogen-bond donors (Lipinski definition) is 2. The van der Waals surface area contributed by atoms with Crippen LogP contribution in [0, 0.1) is 17.7 Å². The molecule has 1 aliphatic heterocycles. The number of nitrogens with one attached hydrogen (secondary N) is 2. The standard InChI is InChI=1S/C28H35FN4O3/c1-19(2)26(34)31-23-11-12-25(24(17-23)27(35)30-18-20-7-9-22(29)10-8-20)32-13-15-33(16-14-32)28(36)21-5-3-4-6-21/h7-12,17,19,21H,3-6,13-16,18H2,1-2H3,(H,30,35)(H,31,34). The summed E-state index contributed by atoms with van der Waals surface area (Å²) in [6.07, 6.45) is 4.24. The van der Waals surface area contributed by atoms with Gasteiger partial charge >= 0.3 is 0 Å². The molecule has 0 aromatic heterocycles. The molecular formula is C28H35FN4O3. The molecular weight excluding hydrogens is 459 g/mol. The lowest BCUT2D eigenvalue weighted by molar-refractivity contribution is -0.135. The van der Waals surface area contributed by atoms with Crippen molar-refractivity contribution in [3.63, 3.8) is 0 Å². The summed E-state index contributed by atoms with van der Waals surface area (Å²) >= 11 is 0. The second-order valence-corrected chi connectivity index (χ2v) is 9.98. The summed E-state index contributed by atoms with van der Waals surface area (Å²) < 4.78 is 13.2. The first kappa shape index (κ1) is 25.7. The molecule has 0 spiro atoms. The molecule has 1 saturated carbocycles. The number of amides is 3. The minimum absolute atomic E-state index is 0.126. The largest absolute Gasteiger partial charge is 0.367 e. The van der Waals surface area contributed by atoms with Crippen molar-refractivity contribution in [2.45, 2.75) is 46.1 Å². The molecule has 36 heavy (non-hydrogen) atoms. The minimum atomic E-state index is -0.327. The van der Waals surface area contributed by atoms with E-state index < -0.39 is 0 Å². The van der Waals surface area contributed by atoms with Crippen LogP contribution in [-0.2, 0) is 16.1 Å². The smallest absolute Gasteiger partial charge is 0.253 e. The lowest BCUT2D eigenvalue weighted by Gasteiger charge is -2.38. The molecule has 7 nitrogen and oxygen atoms in total. The van der Waals surface area contributed by atoms with Gasteiger partial charge in [-0.3, -0.25) is 14.4 Å². The van der Waals surface area contributed by atoms with Gasteiger partial charge in [0.25, 0.3) is 5.91 Å². The minimum Gasteiger partial charge on any atom is -0.367 e. The average molecular weight is 495 g/mol. The highest BCUT2D eigenvalue weighted by molar-refractivity contribution is 6.02. The van der Waals surface area contributed by atoms with Gasteiger partial charge in [-0.05, 0) is 48.7 Å². The molecule has 2 aromatic carbocycles. The highest BCUT2D eigenvalue weighted by Crippen LogP contribution is 2.29. The quantitative estimate of drug-likeness (QED) is 0.605. The molecule has 0 atom stereocenters. The molecule has 2 fully saturated rings. The van der Waals surface area contributed by atoms with Crippen LogP contribution in [0.2, 0.25) is 0 Å². The summed E-state index contributed by atoms with van der Waals surface area (Å²) in [6, 6.07) is 11.4. The van der Waals surface area contributed by atoms with Crippen LogP contribution in [0.3, 0.4) is 0 Å². The molecule has 1 aliphatic carbocycles. The van der Waals surface area contributed by atoms with Gasteiger partial charge in [0.2, 0.25) is 11.8 Å². The van der Waals surface area contributed by atoms with E-state index in [2.05, 4.69) is 15.5 Å². The van der Waals surface area contributed by atoms with E-state index >= 15 is 0 Å². The molecule has 1 saturated heterocycles. The maximum atomic E-state index is 13.3. The van der Waals surface area contributed by atoms with E-state index in [-0.39, 0.29) is 41.9 Å². The fraction of sp³-hybridized carbons (Fsp3) is 0.464. The Bertz CT molecular complexity index is 1090. The van der Waals surface area contributed by atoms with Gasteiger partial charge < -0.3 is 20.4 Å². The Balaban J connectivity index is 1.49. The number of carbonyl (C=O) groups excluding carboxylic acids is 3. The number of anilines is 2. The van der Waals surface area contributed by atoms with Crippen molar-refractivity contribution in [2.24, 2.45) is 11.8 Å². The SMILES string of the molecule is CC(C)C(=O)Nc1ccc(N2CCN(C(=O)C3CCCC3)CC2)c(C(=O)NCc2ccc(F)cc2)c1. The molecule has 2 aliphatic rings. The van der Waals surface area contributed by atoms with E-state index in [0.29, 0.717) is 37.4 Å². The van der Waals surface area contributed by atoms with Crippen LogP contribution in [0.5, 0.6) is 0 Å². The highest BCUT2D eigenvalue weighted by atomic mass is 19.1. The number of benzene rings is 2. The van der Waals surface area contributed by atoms with Crippen LogP contribution < -0.4 is 15.5 Å². The molecule has 0 bridgehead atoms. The Kier molecular flexibility index (Phi) is 8.23. The van der Waals surface area contributed by atoms with Crippen LogP contribution in [-0.4, -0.2) is 48.8 Å². The maximum absolute atomic E-state index is 13.3. The molecule has 3 amide bonds. The monoisotopic (exact) mass is 494 g/mol. The van der Waals surface area contributed by atoms with Crippen LogP contribution in [0.1, 0.15) is 55.5 Å². The summed E-state index contributed by atoms with van der Waals surface area (Å²) in [6.45, 7) is 6.39. The van der Waals surface area contributed by atoms with E-state index in [1.807, 2.05) is 30.9 Å². The Hall–Kier alpha value is -3.42.